The molecule has 0 saturated carbocycles. The summed E-state index contributed by atoms with van der Waals surface area (Å²) >= 11 is 0. The molecular formula is C11H10O6. The highest BCUT2D eigenvalue weighted by Crippen LogP contribution is 2.28. The van der Waals surface area contributed by atoms with Crippen LogP contribution in [0.4, 0.5) is 0 Å². The number of rotatable bonds is 5. The van der Waals surface area contributed by atoms with Crippen LogP contribution in [0.15, 0.2) is 24.8 Å². The first-order valence-corrected chi connectivity index (χ1v) is 4.54. The van der Waals surface area contributed by atoms with Crippen LogP contribution in [0, 0.1) is 0 Å². The van der Waals surface area contributed by atoms with Gasteiger partial charge in [-0.1, -0.05) is 12.7 Å². The van der Waals surface area contributed by atoms with E-state index in [1.54, 1.807) is 0 Å². The summed E-state index contributed by atoms with van der Waals surface area (Å²) in [5, 5.41) is 27.0. The van der Waals surface area contributed by atoms with Crippen molar-refractivity contribution in [3.05, 3.63) is 35.9 Å². The average Bonchev–Trinajstić information content (AvgIpc) is 2.26. The number of hydrogen-bond donors (Lipinski definition) is 3. The molecular weight excluding hydrogens is 228 g/mol. The number of aromatic carboxylic acids is 2. The van der Waals surface area contributed by atoms with Crippen molar-refractivity contribution in [2.24, 2.45) is 0 Å². The Balaban J connectivity index is 3.31. The molecule has 0 aliphatic rings. The molecule has 3 N–H and O–H groups in total. The van der Waals surface area contributed by atoms with Crippen LogP contribution in [0.2, 0.25) is 0 Å². The Hall–Kier alpha value is -2.50. The van der Waals surface area contributed by atoms with Crippen molar-refractivity contribution in [2.75, 3.05) is 6.61 Å². The Morgan fingerprint density at radius 1 is 1.24 bits per heavy atom. The summed E-state index contributed by atoms with van der Waals surface area (Å²) in [5.74, 6) is -3.63. The van der Waals surface area contributed by atoms with Gasteiger partial charge in [0.05, 0.1) is 0 Å². The minimum Gasteiger partial charge on any atom is -0.506 e. The van der Waals surface area contributed by atoms with Crippen LogP contribution in [0.1, 0.15) is 20.7 Å². The van der Waals surface area contributed by atoms with Crippen LogP contribution in [0.3, 0.4) is 0 Å². The summed E-state index contributed by atoms with van der Waals surface area (Å²) in [5.41, 5.74) is -1.05. The molecule has 0 aromatic heterocycles. The standard InChI is InChI=1S/C11H10O6/c1-2-3-17-6-4-7(10(13)14)9(12)8(5-6)11(15)16/h2,4-5,12H,1,3H2,(H,13,14)(H,15,16). The zero-order valence-corrected chi connectivity index (χ0v) is 8.71. The van der Waals surface area contributed by atoms with Crippen molar-refractivity contribution in [3.8, 4) is 11.5 Å². The van der Waals surface area contributed by atoms with E-state index in [1.807, 2.05) is 0 Å². The molecule has 0 bridgehead atoms. The second-order valence-electron chi connectivity index (χ2n) is 3.08. The van der Waals surface area contributed by atoms with Gasteiger partial charge in [0, 0.05) is 0 Å². The van der Waals surface area contributed by atoms with Gasteiger partial charge in [0.2, 0.25) is 0 Å². The van der Waals surface area contributed by atoms with E-state index in [-0.39, 0.29) is 12.4 Å². The molecule has 0 aliphatic heterocycles. The topological polar surface area (TPSA) is 104 Å². The lowest BCUT2D eigenvalue weighted by Gasteiger charge is -2.08. The molecule has 1 aromatic carbocycles. The Labute approximate surface area is 96.4 Å². The summed E-state index contributed by atoms with van der Waals surface area (Å²) in [6, 6.07) is 2.10. The van der Waals surface area contributed by atoms with Crippen LogP contribution in [0.25, 0.3) is 0 Å². The summed E-state index contributed by atoms with van der Waals surface area (Å²) in [7, 11) is 0. The van der Waals surface area contributed by atoms with E-state index in [2.05, 4.69) is 6.58 Å². The highest BCUT2D eigenvalue weighted by molar-refractivity contribution is 5.99. The average molecular weight is 238 g/mol. The molecule has 6 nitrogen and oxygen atoms in total. The monoisotopic (exact) mass is 238 g/mol. The Morgan fingerprint density at radius 2 is 1.71 bits per heavy atom. The largest absolute Gasteiger partial charge is 0.506 e. The maximum Gasteiger partial charge on any atom is 0.339 e. The number of phenols is 1. The second-order valence-corrected chi connectivity index (χ2v) is 3.08. The Bertz CT molecular complexity index is 442. The number of hydrogen-bond acceptors (Lipinski definition) is 4. The van der Waals surface area contributed by atoms with E-state index >= 15 is 0 Å². The lowest BCUT2D eigenvalue weighted by atomic mass is 10.1. The first-order valence-electron chi connectivity index (χ1n) is 4.54. The molecule has 1 aromatic rings. The first kappa shape index (κ1) is 12.6. The molecule has 0 aliphatic carbocycles. The van der Waals surface area contributed by atoms with Gasteiger partial charge in [-0.2, -0.15) is 0 Å². The number of carbonyl (C=O) groups is 2. The van der Waals surface area contributed by atoms with Crippen molar-refractivity contribution in [1.29, 1.82) is 0 Å². The number of carboxylic acids is 2. The lowest BCUT2D eigenvalue weighted by Crippen LogP contribution is -2.05. The van der Waals surface area contributed by atoms with Crippen molar-refractivity contribution in [2.45, 2.75) is 0 Å². The minimum atomic E-state index is -1.44. The second kappa shape index (κ2) is 5.02. The van der Waals surface area contributed by atoms with Crippen molar-refractivity contribution >= 4 is 11.9 Å². The van der Waals surface area contributed by atoms with Gasteiger partial charge in [-0.05, 0) is 12.1 Å². The highest BCUT2D eigenvalue weighted by atomic mass is 16.5. The van der Waals surface area contributed by atoms with E-state index in [0.29, 0.717) is 0 Å². The third-order valence-corrected chi connectivity index (χ3v) is 1.91. The van der Waals surface area contributed by atoms with Crippen LogP contribution in [0.5, 0.6) is 11.5 Å². The molecule has 17 heavy (non-hydrogen) atoms. The number of benzene rings is 1. The molecule has 0 heterocycles. The van der Waals surface area contributed by atoms with Gasteiger partial charge < -0.3 is 20.1 Å². The van der Waals surface area contributed by atoms with Gasteiger partial charge in [0.1, 0.15) is 29.2 Å². The lowest BCUT2D eigenvalue weighted by molar-refractivity contribution is 0.0690. The molecule has 0 radical (unpaired) electrons. The van der Waals surface area contributed by atoms with Gasteiger partial charge in [0.15, 0.2) is 0 Å². The van der Waals surface area contributed by atoms with Gasteiger partial charge in [-0.3, -0.25) is 0 Å². The fourth-order valence-electron chi connectivity index (χ4n) is 1.17. The SMILES string of the molecule is C=CCOc1cc(C(=O)O)c(O)c(C(=O)O)c1. The predicted molar refractivity (Wildman–Crippen MR) is 57.7 cm³/mol. The molecule has 0 fully saturated rings. The number of carboxylic acid groups (broad SMARTS) is 2. The predicted octanol–water partition coefficient (Wildman–Crippen LogP) is 1.35. The van der Waals surface area contributed by atoms with E-state index in [4.69, 9.17) is 14.9 Å². The first-order chi connectivity index (χ1) is 7.97. The van der Waals surface area contributed by atoms with Gasteiger partial charge in [-0.25, -0.2) is 9.59 Å². The van der Waals surface area contributed by atoms with E-state index in [1.165, 1.54) is 6.08 Å². The van der Waals surface area contributed by atoms with Crippen LogP contribution in [-0.4, -0.2) is 33.9 Å². The summed E-state index contributed by atoms with van der Waals surface area (Å²) in [6.45, 7) is 3.50. The van der Waals surface area contributed by atoms with Crippen LogP contribution >= 0.6 is 0 Å². The molecule has 0 amide bonds. The molecule has 1 rings (SSSR count). The maximum atomic E-state index is 10.8. The van der Waals surface area contributed by atoms with E-state index < -0.39 is 28.8 Å². The summed E-state index contributed by atoms with van der Waals surface area (Å²) < 4.78 is 5.04. The highest BCUT2D eigenvalue weighted by Gasteiger charge is 2.20. The summed E-state index contributed by atoms with van der Waals surface area (Å²) in [6.07, 6.45) is 1.42. The fourth-order valence-corrected chi connectivity index (χ4v) is 1.17. The Kier molecular flexibility index (Phi) is 3.71. The molecule has 0 saturated heterocycles. The van der Waals surface area contributed by atoms with Crippen molar-refractivity contribution < 1.29 is 29.6 Å². The van der Waals surface area contributed by atoms with E-state index in [0.717, 1.165) is 12.1 Å². The van der Waals surface area contributed by atoms with Crippen molar-refractivity contribution in [1.82, 2.24) is 0 Å². The van der Waals surface area contributed by atoms with Crippen LogP contribution < -0.4 is 4.74 Å². The van der Waals surface area contributed by atoms with E-state index in [9.17, 15) is 14.7 Å². The van der Waals surface area contributed by atoms with Crippen LogP contribution in [-0.2, 0) is 0 Å². The maximum absolute atomic E-state index is 10.8. The fraction of sp³-hybridized carbons (Fsp3) is 0.0909. The molecule has 90 valence electrons. The van der Waals surface area contributed by atoms with Crippen molar-refractivity contribution in [3.63, 3.8) is 0 Å². The zero-order valence-electron chi connectivity index (χ0n) is 8.71. The normalized spacial score (nSPS) is 9.65. The molecule has 0 unspecified atom stereocenters. The smallest absolute Gasteiger partial charge is 0.339 e. The summed E-state index contributed by atoms with van der Waals surface area (Å²) in [4.78, 5) is 21.6. The number of ether oxygens (including phenoxy) is 1. The number of aromatic hydroxyl groups is 1. The molecule has 6 heteroatoms. The van der Waals surface area contributed by atoms with Gasteiger partial charge in [-0.15, -0.1) is 0 Å². The third-order valence-electron chi connectivity index (χ3n) is 1.91. The Morgan fingerprint density at radius 3 is 2.06 bits per heavy atom. The molecule has 0 atom stereocenters. The van der Waals surface area contributed by atoms with Gasteiger partial charge >= 0.3 is 11.9 Å². The quantitative estimate of drug-likeness (QED) is 0.669. The van der Waals surface area contributed by atoms with Gasteiger partial charge in [0.25, 0.3) is 0 Å². The minimum absolute atomic E-state index is 0.0394. The third kappa shape index (κ3) is 2.75. The molecule has 0 spiro atoms. The zero-order chi connectivity index (χ0) is 13.0.